The first-order chi connectivity index (χ1) is 25.7. The van der Waals surface area contributed by atoms with Crippen molar-refractivity contribution in [3.63, 3.8) is 0 Å². The number of hydrogen-bond donors (Lipinski definition) is 0. The summed E-state index contributed by atoms with van der Waals surface area (Å²) in [5, 5.41) is 0. The summed E-state index contributed by atoms with van der Waals surface area (Å²) < 4.78 is 0. The molecule has 12 rings (SSSR count). The van der Waals surface area contributed by atoms with Gasteiger partial charge in [0.1, 0.15) is 0 Å². The molecule has 0 aromatic heterocycles. The van der Waals surface area contributed by atoms with E-state index in [-0.39, 0.29) is 5.78 Å². The van der Waals surface area contributed by atoms with Gasteiger partial charge < -0.3 is 0 Å². The van der Waals surface area contributed by atoms with Crippen LogP contribution in [0.5, 0.6) is 0 Å². The summed E-state index contributed by atoms with van der Waals surface area (Å²) >= 11 is 0. The molecule has 52 heavy (non-hydrogen) atoms. The average Bonchev–Trinajstić information content (AvgIpc) is 3.89. The molecule has 0 heterocycles. The third-order valence-electron chi connectivity index (χ3n) is 12.5. The van der Waals surface area contributed by atoms with Gasteiger partial charge in [0.2, 0.25) is 0 Å². The van der Waals surface area contributed by atoms with Gasteiger partial charge in [-0.05, 0) is 101 Å². The van der Waals surface area contributed by atoms with E-state index in [0.717, 1.165) is 11.1 Å². The first-order valence-electron chi connectivity index (χ1n) is 18.1. The van der Waals surface area contributed by atoms with Crippen molar-refractivity contribution in [1.82, 2.24) is 0 Å². The molecule has 4 aliphatic rings. The van der Waals surface area contributed by atoms with Crippen molar-refractivity contribution in [1.29, 1.82) is 0 Å². The van der Waals surface area contributed by atoms with Crippen molar-refractivity contribution >= 4 is 5.78 Å². The lowest BCUT2D eigenvalue weighted by molar-refractivity contribution is 0.103. The predicted octanol–water partition coefficient (Wildman–Crippen LogP) is 11.6. The molecule has 2 spiro atoms. The van der Waals surface area contributed by atoms with Crippen molar-refractivity contribution in [2.24, 2.45) is 0 Å². The molecule has 0 fully saturated rings. The minimum Gasteiger partial charge on any atom is -0.289 e. The lowest BCUT2D eigenvalue weighted by atomic mass is 9.70. The van der Waals surface area contributed by atoms with E-state index in [0.29, 0.717) is 11.1 Å². The summed E-state index contributed by atoms with van der Waals surface area (Å²) in [5.74, 6) is 0.0434. The van der Waals surface area contributed by atoms with Gasteiger partial charge in [0.25, 0.3) is 0 Å². The number of carbonyl (C=O) groups excluding carboxylic acids is 1. The number of rotatable bonds is 2. The minimum absolute atomic E-state index is 0.0434. The molecule has 0 bridgehead atoms. The average molecular weight is 659 g/mol. The maximum Gasteiger partial charge on any atom is 0.193 e. The van der Waals surface area contributed by atoms with Crippen molar-refractivity contribution in [2.75, 3.05) is 0 Å². The van der Waals surface area contributed by atoms with E-state index in [1.807, 2.05) is 0 Å². The molecule has 0 atom stereocenters. The molecule has 0 saturated carbocycles. The van der Waals surface area contributed by atoms with Crippen molar-refractivity contribution in [3.8, 4) is 44.5 Å². The van der Waals surface area contributed by atoms with E-state index < -0.39 is 10.8 Å². The molecule has 0 N–H and O–H groups in total. The predicted molar refractivity (Wildman–Crippen MR) is 209 cm³/mol. The molecule has 1 nitrogen and oxygen atoms in total. The number of benzene rings is 8. The van der Waals surface area contributed by atoms with Crippen molar-refractivity contribution in [2.45, 2.75) is 10.8 Å². The zero-order chi connectivity index (χ0) is 34.2. The summed E-state index contributed by atoms with van der Waals surface area (Å²) in [6.45, 7) is 0. The highest BCUT2D eigenvalue weighted by Crippen LogP contribution is 2.64. The maximum absolute atomic E-state index is 14.7. The van der Waals surface area contributed by atoms with E-state index in [2.05, 4.69) is 182 Å². The van der Waals surface area contributed by atoms with Gasteiger partial charge in [-0.25, -0.2) is 0 Å². The second kappa shape index (κ2) is 9.81. The fraction of sp³-hybridized carbons (Fsp3) is 0.0392. The quantitative estimate of drug-likeness (QED) is 0.169. The number of fused-ring (bicyclic) bond motifs is 20. The van der Waals surface area contributed by atoms with Crippen LogP contribution in [-0.2, 0) is 10.8 Å². The fourth-order valence-corrected chi connectivity index (χ4v) is 10.6. The molecule has 240 valence electrons. The minimum atomic E-state index is -0.417. The zero-order valence-electron chi connectivity index (χ0n) is 28.2. The highest BCUT2D eigenvalue weighted by atomic mass is 16.1. The second-order valence-electron chi connectivity index (χ2n) is 14.6. The fourth-order valence-electron chi connectivity index (χ4n) is 10.6. The molecular formula is C51H30O. The number of carbonyl (C=O) groups is 1. The van der Waals surface area contributed by atoms with Gasteiger partial charge in [-0.1, -0.05) is 170 Å². The van der Waals surface area contributed by atoms with Gasteiger partial charge in [0, 0.05) is 11.1 Å². The van der Waals surface area contributed by atoms with E-state index in [4.69, 9.17) is 0 Å². The van der Waals surface area contributed by atoms with Gasteiger partial charge in [-0.15, -0.1) is 0 Å². The molecule has 0 saturated heterocycles. The smallest absolute Gasteiger partial charge is 0.193 e. The van der Waals surface area contributed by atoms with E-state index in [1.165, 1.54) is 77.9 Å². The third kappa shape index (κ3) is 3.15. The number of ketones is 1. The Balaban J connectivity index is 1.04. The molecule has 0 unspecified atom stereocenters. The van der Waals surface area contributed by atoms with Gasteiger partial charge in [-0.2, -0.15) is 0 Å². The lowest BCUT2D eigenvalue weighted by Gasteiger charge is -2.30. The van der Waals surface area contributed by atoms with Crippen LogP contribution in [0.25, 0.3) is 44.5 Å². The second-order valence-corrected chi connectivity index (χ2v) is 14.6. The molecule has 8 aromatic carbocycles. The van der Waals surface area contributed by atoms with Crippen LogP contribution in [0.4, 0.5) is 0 Å². The Hall–Kier alpha value is -6.57. The highest BCUT2D eigenvalue weighted by molar-refractivity contribution is 6.11. The summed E-state index contributed by atoms with van der Waals surface area (Å²) in [5.41, 5.74) is 20.7. The van der Waals surface area contributed by atoms with Crippen LogP contribution < -0.4 is 0 Å². The first-order valence-corrected chi connectivity index (χ1v) is 18.1. The van der Waals surface area contributed by atoms with Crippen LogP contribution in [0.15, 0.2) is 182 Å². The lowest BCUT2D eigenvalue weighted by Crippen LogP contribution is -2.26. The van der Waals surface area contributed by atoms with Crippen LogP contribution in [0, 0.1) is 0 Å². The van der Waals surface area contributed by atoms with Gasteiger partial charge in [0.05, 0.1) is 10.8 Å². The molecule has 0 aliphatic heterocycles. The van der Waals surface area contributed by atoms with Crippen LogP contribution >= 0.6 is 0 Å². The molecule has 1 heteroatoms. The SMILES string of the molecule is O=C(c1ccc2c(c1)-c1ccccc1C21c2ccccc2-c2ccccc21)c1ccc2c(c1)-c1ccccc1C21c2ccccc2-c2ccccc21. The topological polar surface area (TPSA) is 17.1 Å². The van der Waals surface area contributed by atoms with Crippen molar-refractivity contribution in [3.05, 3.63) is 238 Å². The molecule has 0 amide bonds. The standard InChI is InChI=1S/C51H30O/c52-49(31-25-27-47-39(29-31)37-17-5-11-23-45(37)50(47)41-19-7-1-13-33(41)34-14-2-8-20-42(34)50)32-26-28-48-40(30-32)38-18-6-12-24-46(38)51(48)43-21-9-3-15-35(43)36-16-4-10-22-44(36)51/h1-30H. The molecular weight excluding hydrogens is 629 g/mol. The molecule has 0 radical (unpaired) electrons. The van der Waals surface area contributed by atoms with Gasteiger partial charge in [-0.3, -0.25) is 4.79 Å². The van der Waals surface area contributed by atoms with E-state index in [9.17, 15) is 4.79 Å². The van der Waals surface area contributed by atoms with Crippen LogP contribution in [0.3, 0.4) is 0 Å². The monoisotopic (exact) mass is 658 g/mol. The maximum atomic E-state index is 14.7. The van der Waals surface area contributed by atoms with E-state index in [1.54, 1.807) is 0 Å². The van der Waals surface area contributed by atoms with Gasteiger partial charge >= 0.3 is 0 Å². The third-order valence-corrected chi connectivity index (χ3v) is 12.5. The molecule has 8 aromatic rings. The summed E-state index contributed by atoms with van der Waals surface area (Å²) in [4.78, 5) is 14.7. The Kier molecular flexibility index (Phi) is 5.31. The number of hydrogen-bond acceptors (Lipinski definition) is 1. The Labute approximate surface area is 302 Å². The molecule has 4 aliphatic carbocycles. The summed E-state index contributed by atoms with van der Waals surface area (Å²) in [7, 11) is 0. The summed E-state index contributed by atoms with van der Waals surface area (Å²) in [6.07, 6.45) is 0. The Morgan fingerprint density at radius 2 is 0.500 bits per heavy atom. The Morgan fingerprint density at radius 1 is 0.269 bits per heavy atom. The Bertz CT molecular complexity index is 2600. The van der Waals surface area contributed by atoms with Crippen LogP contribution in [0.2, 0.25) is 0 Å². The van der Waals surface area contributed by atoms with Crippen LogP contribution in [0.1, 0.15) is 60.4 Å². The largest absolute Gasteiger partial charge is 0.289 e. The normalized spacial score (nSPS) is 14.9. The highest BCUT2D eigenvalue weighted by Gasteiger charge is 2.53. The summed E-state index contributed by atoms with van der Waals surface area (Å²) in [6, 6.07) is 65.8. The zero-order valence-corrected chi connectivity index (χ0v) is 28.2. The van der Waals surface area contributed by atoms with E-state index >= 15 is 0 Å². The van der Waals surface area contributed by atoms with Crippen molar-refractivity contribution < 1.29 is 4.79 Å². The van der Waals surface area contributed by atoms with Gasteiger partial charge in [0.15, 0.2) is 5.78 Å². The first kappa shape index (κ1) is 28.2. The van der Waals surface area contributed by atoms with Crippen LogP contribution in [-0.4, -0.2) is 5.78 Å². The Morgan fingerprint density at radius 3 is 0.788 bits per heavy atom.